The van der Waals surface area contributed by atoms with Crippen LogP contribution in [0.3, 0.4) is 0 Å². The van der Waals surface area contributed by atoms with E-state index in [0.29, 0.717) is 0 Å². The lowest BCUT2D eigenvalue weighted by molar-refractivity contribution is 0.556. The van der Waals surface area contributed by atoms with Crippen molar-refractivity contribution in [2.45, 2.75) is 54.0 Å². The maximum Gasteiger partial charge on any atom is 0.242 e. The Morgan fingerprint density at radius 2 is 0.828 bits per heavy atom. The van der Waals surface area contributed by atoms with Gasteiger partial charge in [-0.05, 0) is 99.9 Å². The molecule has 0 aliphatic rings. The largest absolute Gasteiger partial charge is 0.544 e. The Labute approximate surface area is 180 Å². The average molecular weight is 440 g/mol. The summed E-state index contributed by atoms with van der Waals surface area (Å²) < 4.78 is 12.3. The highest BCUT2D eigenvalue weighted by atomic mass is 32.2. The van der Waals surface area contributed by atoms with Crippen LogP contribution in [0.15, 0.2) is 93.5 Å². The van der Waals surface area contributed by atoms with Crippen LogP contribution in [0.4, 0.5) is 0 Å². The third-order valence-electron chi connectivity index (χ3n) is 3.95. The molecule has 0 unspecified atom stereocenters. The number of rotatable bonds is 7. The van der Waals surface area contributed by atoms with Gasteiger partial charge >= 0.3 is 0 Å². The first kappa shape index (κ1) is 21.7. The summed E-state index contributed by atoms with van der Waals surface area (Å²) in [5, 5.41) is 0. The van der Waals surface area contributed by atoms with E-state index in [9.17, 15) is 0 Å². The first-order valence-electron chi connectivity index (χ1n) is 9.98. The van der Waals surface area contributed by atoms with Crippen molar-refractivity contribution in [1.29, 1.82) is 0 Å². The summed E-state index contributed by atoms with van der Waals surface area (Å²) in [5.41, 5.74) is 0. The van der Waals surface area contributed by atoms with Crippen LogP contribution in [0.25, 0.3) is 0 Å². The van der Waals surface area contributed by atoms with Crippen LogP contribution in [0.2, 0.25) is 39.3 Å². The lowest BCUT2D eigenvalue weighted by Gasteiger charge is -2.19. The van der Waals surface area contributed by atoms with Gasteiger partial charge in [-0.2, -0.15) is 0 Å². The van der Waals surface area contributed by atoms with Crippen molar-refractivity contribution >= 4 is 27.5 Å². The van der Waals surface area contributed by atoms with Crippen molar-refractivity contribution in [2.75, 3.05) is 0 Å². The lowest BCUT2D eigenvalue weighted by Crippen LogP contribution is -2.29. The molecule has 0 atom stereocenters. The van der Waals surface area contributed by atoms with Gasteiger partial charge < -0.3 is 8.85 Å². The zero-order chi connectivity index (χ0) is 21.1. The minimum absolute atomic E-state index is 0.166. The quantitative estimate of drug-likeness (QED) is 0.286. The van der Waals surface area contributed by atoms with Crippen LogP contribution in [0.5, 0.6) is 11.5 Å². The second-order valence-corrected chi connectivity index (χ2v) is 19.9. The molecule has 152 valence electrons. The van der Waals surface area contributed by atoms with Crippen LogP contribution in [0.1, 0.15) is 0 Å². The summed E-state index contributed by atoms with van der Waals surface area (Å²) >= 11 is 0. The molecule has 0 aliphatic carbocycles. The predicted octanol–water partition coefficient (Wildman–Crippen LogP) is 7.21. The van der Waals surface area contributed by atoms with Crippen LogP contribution in [-0.4, -0.2) is 16.6 Å². The van der Waals surface area contributed by atoms with Gasteiger partial charge in [0.1, 0.15) is 11.5 Å². The Morgan fingerprint density at radius 3 is 1.17 bits per heavy atom. The molecular weight excluding hydrogens is 409 g/mol. The fourth-order valence-electron chi connectivity index (χ4n) is 2.96. The Kier molecular flexibility index (Phi) is 6.61. The SMILES string of the molecule is C[Si](C)(C)Oc1ccc([S+](c2ccccc2)c2ccc(O[Si](C)(C)C)cc2)cc1. The van der Waals surface area contributed by atoms with E-state index in [0.717, 1.165) is 11.5 Å². The fraction of sp³-hybridized carbons (Fsp3) is 0.250. The molecular formula is C24H31O2SSi2+. The Hall–Kier alpha value is -1.96. The van der Waals surface area contributed by atoms with Crippen molar-refractivity contribution in [3.05, 3.63) is 78.9 Å². The molecule has 0 heterocycles. The van der Waals surface area contributed by atoms with E-state index in [1.807, 2.05) is 0 Å². The molecule has 3 rings (SSSR count). The van der Waals surface area contributed by atoms with Gasteiger partial charge in [-0.15, -0.1) is 0 Å². The zero-order valence-corrected chi connectivity index (χ0v) is 21.0. The van der Waals surface area contributed by atoms with Crippen molar-refractivity contribution in [1.82, 2.24) is 0 Å². The molecule has 0 radical (unpaired) electrons. The maximum absolute atomic E-state index is 6.14. The minimum Gasteiger partial charge on any atom is -0.544 e. The van der Waals surface area contributed by atoms with E-state index in [1.54, 1.807) is 0 Å². The Balaban J connectivity index is 1.94. The van der Waals surface area contributed by atoms with Gasteiger partial charge in [0.25, 0.3) is 0 Å². The van der Waals surface area contributed by atoms with Crippen LogP contribution in [-0.2, 0) is 10.9 Å². The molecule has 2 nitrogen and oxygen atoms in total. The molecule has 0 saturated heterocycles. The summed E-state index contributed by atoms with van der Waals surface area (Å²) in [6.45, 7) is 13.2. The molecule has 29 heavy (non-hydrogen) atoms. The number of benzene rings is 3. The van der Waals surface area contributed by atoms with E-state index in [1.165, 1.54) is 14.7 Å². The molecule has 0 aromatic heterocycles. The first-order valence-corrected chi connectivity index (χ1v) is 18.0. The molecule has 3 aromatic rings. The Morgan fingerprint density at radius 1 is 0.483 bits per heavy atom. The van der Waals surface area contributed by atoms with E-state index >= 15 is 0 Å². The van der Waals surface area contributed by atoms with Crippen LogP contribution < -0.4 is 8.85 Å². The topological polar surface area (TPSA) is 18.5 Å². The highest BCUT2D eigenvalue weighted by Gasteiger charge is 2.29. The minimum atomic E-state index is -1.60. The average Bonchev–Trinajstić information content (AvgIpc) is 2.63. The highest BCUT2D eigenvalue weighted by Crippen LogP contribution is 2.33. The third-order valence-corrected chi connectivity index (χ3v) is 7.87. The molecule has 0 bridgehead atoms. The predicted molar refractivity (Wildman–Crippen MR) is 129 cm³/mol. The van der Waals surface area contributed by atoms with Crippen LogP contribution >= 0.6 is 0 Å². The van der Waals surface area contributed by atoms with Gasteiger partial charge in [-0.25, -0.2) is 0 Å². The van der Waals surface area contributed by atoms with Gasteiger partial charge in [-0.1, -0.05) is 18.2 Å². The van der Waals surface area contributed by atoms with Crippen molar-refractivity contribution in [2.24, 2.45) is 0 Å². The standard InChI is InChI=1S/C24H31O2SSi2/c1-28(2,3)25-20-12-16-23(17-13-20)27(22-10-8-7-9-11-22)24-18-14-21(15-19-24)26-29(4,5)6/h7-19H,1-6H3/q+1. The molecule has 0 amide bonds. The van der Waals surface area contributed by atoms with Gasteiger partial charge in [-0.3, -0.25) is 0 Å². The van der Waals surface area contributed by atoms with Crippen LogP contribution in [0, 0.1) is 0 Å². The van der Waals surface area contributed by atoms with Crippen molar-refractivity contribution in [3.63, 3.8) is 0 Å². The molecule has 5 heteroatoms. The van der Waals surface area contributed by atoms with Gasteiger partial charge in [0, 0.05) is 0 Å². The van der Waals surface area contributed by atoms with Crippen molar-refractivity contribution < 1.29 is 8.85 Å². The van der Waals surface area contributed by atoms with E-state index in [4.69, 9.17) is 8.85 Å². The third kappa shape index (κ3) is 6.52. The second kappa shape index (κ2) is 8.82. The summed E-state index contributed by atoms with van der Waals surface area (Å²) in [6.07, 6.45) is 0. The molecule has 0 aliphatic heterocycles. The van der Waals surface area contributed by atoms with Crippen molar-refractivity contribution in [3.8, 4) is 11.5 Å². The molecule has 0 spiro atoms. The number of hydrogen-bond acceptors (Lipinski definition) is 2. The maximum atomic E-state index is 6.14. The van der Waals surface area contributed by atoms with E-state index < -0.39 is 16.6 Å². The molecule has 0 fully saturated rings. The summed E-state index contributed by atoms with van der Waals surface area (Å²) in [7, 11) is -3.38. The second-order valence-electron chi connectivity index (χ2n) is 8.99. The highest BCUT2D eigenvalue weighted by molar-refractivity contribution is 7.97. The van der Waals surface area contributed by atoms with E-state index in [2.05, 4.69) is 118 Å². The monoisotopic (exact) mass is 439 g/mol. The first-order chi connectivity index (χ1) is 13.6. The van der Waals surface area contributed by atoms with E-state index in [-0.39, 0.29) is 10.9 Å². The zero-order valence-electron chi connectivity index (χ0n) is 18.2. The fourth-order valence-corrected chi connectivity index (χ4v) is 6.71. The summed E-state index contributed by atoms with van der Waals surface area (Å²) in [4.78, 5) is 3.89. The molecule has 3 aromatic carbocycles. The molecule has 0 saturated carbocycles. The van der Waals surface area contributed by atoms with Gasteiger partial charge in [0.2, 0.25) is 16.6 Å². The van der Waals surface area contributed by atoms with Gasteiger partial charge in [0.05, 0.1) is 10.9 Å². The van der Waals surface area contributed by atoms with Gasteiger partial charge in [0.15, 0.2) is 14.7 Å². The summed E-state index contributed by atoms with van der Waals surface area (Å²) in [5.74, 6) is 1.92. The Bertz CT molecular complexity index is 853. The summed E-state index contributed by atoms with van der Waals surface area (Å²) in [6, 6.07) is 28.0. The smallest absolute Gasteiger partial charge is 0.242 e. The normalized spacial score (nSPS) is 12.1. The molecule has 0 N–H and O–H groups in total. The lowest BCUT2D eigenvalue weighted by atomic mass is 10.3. The number of hydrogen-bond donors (Lipinski definition) is 0.